The number of piperidine rings is 1. The van der Waals surface area contributed by atoms with E-state index in [1.54, 1.807) is 0 Å². The molecule has 0 bridgehead atoms. The number of hydrogen-bond donors (Lipinski definition) is 2. The van der Waals surface area contributed by atoms with Crippen LogP contribution in [0.1, 0.15) is 57.2 Å². The van der Waals surface area contributed by atoms with Gasteiger partial charge in [-0.25, -0.2) is 0 Å². The SMILES string of the molecule is Cc1ccccc1C(NC(=O)CC(C)C1CCNCC1)C(C)C.Cl. The highest BCUT2D eigenvalue weighted by molar-refractivity contribution is 5.85. The van der Waals surface area contributed by atoms with Gasteiger partial charge in [-0.3, -0.25) is 4.79 Å². The molecule has 1 aliphatic rings. The van der Waals surface area contributed by atoms with Gasteiger partial charge >= 0.3 is 0 Å². The Kier molecular flexibility index (Phi) is 8.79. The molecular weight excluding hydrogens is 320 g/mol. The van der Waals surface area contributed by atoms with Crippen molar-refractivity contribution < 1.29 is 4.79 Å². The standard InChI is InChI=1S/C20H32N2O.ClH/c1-14(2)20(18-8-6-5-7-15(18)3)22-19(23)13-16(4)17-9-11-21-12-10-17;/h5-8,14,16-17,20-21H,9-13H2,1-4H3,(H,22,23);1H. The Morgan fingerprint density at radius 1 is 1.21 bits per heavy atom. The van der Waals surface area contributed by atoms with Gasteiger partial charge in [0.1, 0.15) is 0 Å². The van der Waals surface area contributed by atoms with E-state index in [4.69, 9.17) is 0 Å². The quantitative estimate of drug-likeness (QED) is 0.803. The second-order valence-electron chi connectivity index (χ2n) is 7.41. The fourth-order valence-corrected chi connectivity index (χ4v) is 3.64. The lowest BCUT2D eigenvalue weighted by Crippen LogP contribution is -2.36. The lowest BCUT2D eigenvalue weighted by atomic mass is 9.83. The maximum absolute atomic E-state index is 12.6. The third-order valence-electron chi connectivity index (χ3n) is 5.20. The van der Waals surface area contributed by atoms with E-state index in [2.05, 4.69) is 62.6 Å². The first-order chi connectivity index (χ1) is 11.0. The number of halogens is 1. The Hall–Kier alpha value is -1.06. The first-order valence-corrected chi connectivity index (χ1v) is 9.04. The van der Waals surface area contributed by atoms with Crippen molar-refractivity contribution in [1.29, 1.82) is 0 Å². The van der Waals surface area contributed by atoms with Crippen LogP contribution in [0.5, 0.6) is 0 Å². The van der Waals surface area contributed by atoms with Crippen molar-refractivity contribution in [2.24, 2.45) is 17.8 Å². The van der Waals surface area contributed by atoms with Gasteiger partial charge in [0.2, 0.25) is 5.91 Å². The molecule has 2 N–H and O–H groups in total. The van der Waals surface area contributed by atoms with E-state index >= 15 is 0 Å². The van der Waals surface area contributed by atoms with Crippen molar-refractivity contribution in [2.45, 2.75) is 53.0 Å². The smallest absolute Gasteiger partial charge is 0.220 e. The summed E-state index contributed by atoms with van der Waals surface area (Å²) < 4.78 is 0. The van der Waals surface area contributed by atoms with E-state index in [0.29, 0.717) is 24.2 Å². The van der Waals surface area contributed by atoms with E-state index in [0.717, 1.165) is 13.1 Å². The second kappa shape index (κ2) is 10.0. The molecule has 24 heavy (non-hydrogen) atoms. The molecule has 1 aromatic carbocycles. The van der Waals surface area contributed by atoms with Gasteiger partial charge in [-0.2, -0.15) is 0 Å². The fraction of sp³-hybridized carbons (Fsp3) is 0.650. The van der Waals surface area contributed by atoms with E-state index in [1.807, 2.05) is 0 Å². The third kappa shape index (κ3) is 5.78. The van der Waals surface area contributed by atoms with Crippen LogP contribution in [0.2, 0.25) is 0 Å². The summed E-state index contributed by atoms with van der Waals surface area (Å²) in [4.78, 5) is 12.6. The van der Waals surface area contributed by atoms with Crippen molar-refractivity contribution in [2.75, 3.05) is 13.1 Å². The van der Waals surface area contributed by atoms with Gasteiger partial charge in [-0.15, -0.1) is 12.4 Å². The predicted octanol–water partition coefficient (Wildman–Crippen LogP) is 4.26. The molecule has 2 unspecified atom stereocenters. The van der Waals surface area contributed by atoms with Crippen LogP contribution in [0.3, 0.4) is 0 Å². The zero-order valence-electron chi connectivity index (χ0n) is 15.5. The van der Waals surface area contributed by atoms with E-state index in [1.165, 1.54) is 24.0 Å². The molecule has 1 saturated heterocycles. The summed E-state index contributed by atoms with van der Waals surface area (Å²) in [5.41, 5.74) is 2.49. The van der Waals surface area contributed by atoms with Gasteiger partial charge in [-0.1, -0.05) is 45.0 Å². The molecular formula is C20H33ClN2O. The maximum atomic E-state index is 12.6. The number of nitrogens with one attached hydrogen (secondary N) is 2. The largest absolute Gasteiger partial charge is 0.349 e. The van der Waals surface area contributed by atoms with Crippen LogP contribution in [0, 0.1) is 24.7 Å². The van der Waals surface area contributed by atoms with Gasteiger partial charge in [0.15, 0.2) is 0 Å². The topological polar surface area (TPSA) is 41.1 Å². The van der Waals surface area contributed by atoms with Gasteiger partial charge in [-0.05, 0) is 61.7 Å². The molecule has 1 fully saturated rings. The number of rotatable bonds is 6. The highest BCUT2D eigenvalue weighted by Gasteiger charge is 2.24. The Morgan fingerprint density at radius 2 is 1.83 bits per heavy atom. The van der Waals surface area contributed by atoms with E-state index in [-0.39, 0.29) is 24.4 Å². The molecule has 136 valence electrons. The minimum Gasteiger partial charge on any atom is -0.349 e. The summed E-state index contributed by atoms with van der Waals surface area (Å²) in [6.45, 7) is 10.9. The Labute approximate surface area is 153 Å². The summed E-state index contributed by atoms with van der Waals surface area (Å²) in [6.07, 6.45) is 3.03. The average molecular weight is 353 g/mol. The van der Waals surface area contributed by atoms with Crippen molar-refractivity contribution in [1.82, 2.24) is 10.6 Å². The molecule has 2 rings (SSSR count). The van der Waals surface area contributed by atoms with Crippen LogP contribution in [-0.2, 0) is 4.79 Å². The van der Waals surface area contributed by atoms with E-state index in [9.17, 15) is 4.79 Å². The van der Waals surface area contributed by atoms with Crippen LogP contribution in [0.4, 0.5) is 0 Å². The highest BCUT2D eigenvalue weighted by Crippen LogP contribution is 2.27. The fourth-order valence-electron chi connectivity index (χ4n) is 3.64. The maximum Gasteiger partial charge on any atom is 0.220 e. The molecule has 0 spiro atoms. The predicted molar refractivity (Wildman–Crippen MR) is 104 cm³/mol. The van der Waals surface area contributed by atoms with Crippen LogP contribution in [0.15, 0.2) is 24.3 Å². The lowest BCUT2D eigenvalue weighted by molar-refractivity contribution is -0.123. The number of aryl methyl sites for hydroxylation is 1. The van der Waals surface area contributed by atoms with Gasteiger partial charge in [0.25, 0.3) is 0 Å². The number of amides is 1. The third-order valence-corrected chi connectivity index (χ3v) is 5.20. The van der Waals surface area contributed by atoms with Crippen LogP contribution in [-0.4, -0.2) is 19.0 Å². The number of carbonyl (C=O) groups is 1. The van der Waals surface area contributed by atoms with Crippen LogP contribution >= 0.6 is 12.4 Å². The van der Waals surface area contributed by atoms with Gasteiger partial charge < -0.3 is 10.6 Å². The molecule has 0 aliphatic carbocycles. The first-order valence-electron chi connectivity index (χ1n) is 9.04. The Morgan fingerprint density at radius 3 is 2.42 bits per heavy atom. The summed E-state index contributed by atoms with van der Waals surface area (Å²) in [6, 6.07) is 8.47. The summed E-state index contributed by atoms with van der Waals surface area (Å²) in [5, 5.41) is 6.69. The Bertz CT molecular complexity index is 512. The number of hydrogen-bond acceptors (Lipinski definition) is 2. The summed E-state index contributed by atoms with van der Waals surface area (Å²) >= 11 is 0. The van der Waals surface area contributed by atoms with Gasteiger partial charge in [0.05, 0.1) is 6.04 Å². The molecule has 2 atom stereocenters. The molecule has 1 heterocycles. The Balaban J connectivity index is 0.00000288. The molecule has 1 aliphatic heterocycles. The average Bonchev–Trinajstić information content (AvgIpc) is 2.54. The molecule has 3 nitrogen and oxygen atoms in total. The van der Waals surface area contributed by atoms with E-state index < -0.39 is 0 Å². The molecule has 1 amide bonds. The zero-order valence-corrected chi connectivity index (χ0v) is 16.3. The van der Waals surface area contributed by atoms with Crippen molar-refractivity contribution in [3.8, 4) is 0 Å². The second-order valence-corrected chi connectivity index (χ2v) is 7.41. The summed E-state index contributed by atoms with van der Waals surface area (Å²) in [5.74, 6) is 1.71. The first kappa shape index (κ1) is 21.0. The molecule has 4 heteroatoms. The van der Waals surface area contributed by atoms with Crippen molar-refractivity contribution in [3.05, 3.63) is 35.4 Å². The van der Waals surface area contributed by atoms with Crippen molar-refractivity contribution >= 4 is 18.3 Å². The molecule has 0 radical (unpaired) electrons. The van der Waals surface area contributed by atoms with Crippen LogP contribution < -0.4 is 10.6 Å². The zero-order chi connectivity index (χ0) is 16.8. The normalized spacial score (nSPS) is 17.9. The highest BCUT2D eigenvalue weighted by atomic mass is 35.5. The number of benzene rings is 1. The minimum atomic E-state index is 0. The minimum absolute atomic E-state index is 0. The molecule has 0 saturated carbocycles. The summed E-state index contributed by atoms with van der Waals surface area (Å²) in [7, 11) is 0. The molecule has 0 aromatic heterocycles. The van der Waals surface area contributed by atoms with Gasteiger partial charge in [0, 0.05) is 6.42 Å². The van der Waals surface area contributed by atoms with Crippen molar-refractivity contribution in [3.63, 3.8) is 0 Å². The number of carbonyl (C=O) groups excluding carboxylic acids is 1. The monoisotopic (exact) mass is 352 g/mol. The lowest BCUT2D eigenvalue weighted by Gasteiger charge is -2.29. The molecule has 1 aromatic rings. The van der Waals surface area contributed by atoms with Crippen LogP contribution in [0.25, 0.3) is 0 Å².